The van der Waals surface area contributed by atoms with E-state index in [1.807, 2.05) is 105 Å². The Balaban J connectivity index is 1.19. The maximum Gasteiger partial charge on any atom is 0.242 e. The highest BCUT2D eigenvalue weighted by Gasteiger charge is 2.39. The molecule has 0 bridgehead atoms. The summed E-state index contributed by atoms with van der Waals surface area (Å²) in [5.74, 6) is 2.37. The molecule has 5 aromatic rings. The predicted octanol–water partition coefficient (Wildman–Crippen LogP) is 8.63. The molecular weight excluding hydrogens is 623 g/mol. The number of fused-ring (bicyclic) bond motifs is 1. The summed E-state index contributed by atoms with van der Waals surface area (Å²) in [6, 6.07) is 36.5. The molecule has 1 atom stereocenters. The van der Waals surface area contributed by atoms with Crippen LogP contribution in [0.3, 0.4) is 0 Å². The van der Waals surface area contributed by atoms with Gasteiger partial charge in [-0.3, -0.25) is 14.5 Å². The lowest BCUT2D eigenvalue weighted by Gasteiger charge is -2.18. The first-order chi connectivity index (χ1) is 23.5. The predicted molar refractivity (Wildman–Crippen MR) is 193 cm³/mol. The zero-order valence-electron chi connectivity index (χ0n) is 26.9. The lowest BCUT2D eigenvalue weighted by molar-refractivity contribution is -0.128. The molecule has 244 valence electrons. The van der Waals surface area contributed by atoms with E-state index in [0.717, 1.165) is 27.8 Å². The molecule has 1 N–H and O–H groups in total. The van der Waals surface area contributed by atoms with Gasteiger partial charge in [0.05, 0.1) is 18.9 Å². The number of amides is 2. The summed E-state index contributed by atoms with van der Waals surface area (Å²) in [6.07, 6.45) is 0.581. The van der Waals surface area contributed by atoms with Crippen LogP contribution in [-0.4, -0.2) is 46.9 Å². The number of benzene rings is 5. The molecule has 6 rings (SSSR count). The number of carbonyl (C=O) groups excluding carboxylic acids is 2. The van der Waals surface area contributed by atoms with Crippen molar-refractivity contribution < 1.29 is 23.8 Å². The fourth-order valence-electron chi connectivity index (χ4n) is 5.44. The lowest BCUT2D eigenvalue weighted by atomic mass is 10.1. The van der Waals surface area contributed by atoms with E-state index >= 15 is 0 Å². The van der Waals surface area contributed by atoms with Crippen LogP contribution in [0.1, 0.15) is 25.8 Å². The minimum atomic E-state index is -0.612. The molecule has 1 aliphatic heterocycles. The SMILES string of the molecule is CCOc1ccc(CCN2C(=O)C(CC(=O)Nc3ccc(Oc4ccccc4)cc3)SC2=Nc2cccc3ccccc23)cc1OCC. The second-order valence-corrected chi connectivity index (χ2v) is 12.2. The van der Waals surface area contributed by atoms with Gasteiger partial charge < -0.3 is 19.5 Å². The van der Waals surface area contributed by atoms with Gasteiger partial charge >= 0.3 is 0 Å². The van der Waals surface area contributed by atoms with Crippen molar-refractivity contribution in [3.05, 3.63) is 121 Å². The fourth-order valence-corrected chi connectivity index (χ4v) is 6.62. The van der Waals surface area contributed by atoms with Crippen LogP contribution in [0.5, 0.6) is 23.0 Å². The lowest BCUT2D eigenvalue weighted by Crippen LogP contribution is -2.35. The number of amidine groups is 1. The van der Waals surface area contributed by atoms with Gasteiger partial charge in [-0.2, -0.15) is 0 Å². The van der Waals surface area contributed by atoms with Gasteiger partial charge in [0.1, 0.15) is 16.7 Å². The number of aliphatic imine (C=N–C) groups is 1. The van der Waals surface area contributed by atoms with Crippen LogP contribution in [-0.2, 0) is 16.0 Å². The minimum absolute atomic E-state index is 0.00830. The first-order valence-corrected chi connectivity index (χ1v) is 16.9. The van der Waals surface area contributed by atoms with Crippen molar-refractivity contribution in [1.82, 2.24) is 4.90 Å². The molecule has 0 aromatic heterocycles. The quantitative estimate of drug-likeness (QED) is 0.136. The van der Waals surface area contributed by atoms with E-state index in [2.05, 4.69) is 5.32 Å². The Morgan fingerprint density at radius 2 is 1.52 bits per heavy atom. The number of hydrogen-bond acceptors (Lipinski definition) is 7. The Labute approximate surface area is 284 Å². The number of nitrogens with one attached hydrogen (secondary N) is 1. The van der Waals surface area contributed by atoms with Gasteiger partial charge in [0, 0.05) is 24.0 Å². The van der Waals surface area contributed by atoms with E-state index in [0.29, 0.717) is 54.3 Å². The van der Waals surface area contributed by atoms with Gasteiger partial charge in [0.25, 0.3) is 0 Å². The van der Waals surface area contributed by atoms with Crippen molar-refractivity contribution >= 4 is 50.9 Å². The molecule has 2 amide bonds. The summed E-state index contributed by atoms with van der Waals surface area (Å²) < 4.78 is 17.4. The fraction of sp³-hybridized carbons (Fsp3) is 0.205. The maximum atomic E-state index is 13.9. The molecule has 1 unspecified atom stereocenters. The summed E-state index contributed by atoms with van der Waals surface area (Å²) in [5, 5.41) is 4.95. The molecule has 0 aliphatic carbocycles. The minimum Gasteiger partial charge on any atom is -0.490 e. The van der Waals surface area contributed by atoms with Gasteiger partial charge in [-0.05, 0) is 85.8 Å². The first kappa shape index (κ1) is 32.7. The summed E-state index contributed by atoms with van der Waals surface area (Å²) in [7, 11) is 0. The third-order valence-corrected chi connectivity index (χ3v) is 8.90. The number of anilines is 1. The second-order valence-electron chi connectivity index (χ2n) is 11.1. The molecule has 9 heteroatoms. The van der Waals surface area contributed by atoms with E-state index in [1.54, 1.807) is 29.2 Å². The van der Waals surface area contributed by atoms with E-state index < -0.39 is 5.25 Å². The van der Waals surface area contributed by atoms with Crippen LogP contribution in [0, 0.1) is 0 Å². The largest absolute Gasteiger partial charge is 0.490 e. The smallest absolute Gasteiger partial charge is 0.242 e. The van der Waals surface area contributed by atoms with Crippen LogP contribution >= 0.6 is 11.8 Å². The number of hydrogen-bond donors (Lipinski definition) is 1. The van der Waals surface area contributed by atoms with Crippen molar-refractivity contribution in [2.75, 3.05) is 25.1 Å². The number of ether oxygens (including phenoxy) is 3. The Hall–Kier alpha value is -5.28. The van der Waals surface area contributed by atoms with Crippen LogP contribution in [0.15, 0.2) is 120 Å². The molecule has 0 radical (unpaired) electrons. The van der Waals surface area contributed by atoms with E-state index in [1.165, 1.54) is 11.8 Å². The summed E-state index contributed by atoms with van der Waals surface area (Å²) in [6.45, 7) is 5.32. The molecular formula is C39H37N3O5S. The Morgan fingerprint density at radius 1 is 0.812 bits per heavy atom. The molecule has 48 heavy (non-hydrogen) atoms. The highest BCUT2D eigenvalue weighted by molar-refractivity contribution is 8.15. The normalized spacial score (nSPS) is 15.1. The number of thioether (sulfide) groups is 1. The van der Waals surface area contributed by atoms with E-state index in [-0.39, 0.29) is 18.2 Å². The van der Waals surface area contributed by atoms with Gasteiger partial charge in [0.15, 0.2) is 16.7 Å². The Morgan fingerprint density at radius 3 is 2.31 bits per heavy atom. The first-order valence-electron chi connectivity index (χ1n) is 16.1. The molecule has 8 nitrogen and oxygen atoms in total. The summed E-state index contributed by atoms with van der Waals surface area (Å²) in [4.78, 5) is 33.8. The number of rotatable bonds is 13. The molecule has 0 spiro atoms. The van der Waals surface area contributed by atoms with Crippen molar-refractivity contribution in [2.45, 2.75) is 31.9 Å². The Kier molecular flexibility index (Phi) is 10.6. The van der Waals surface area contributed by atoms with Gasteiger partial charge in [-0.25, -0.2) is 4.99 Å². The average molecular weight is 660 g/mol. The number of carbonyl (C=O) groups is 2. The van der Waals surface area contributed by atoms with Gasteiger partial charge in [0.2, 0.25) is 11.8 Å². The van der Waals surface area contributed by atoms with E-state index in [4.69, 9.17) is 19.2 Å². The van der Waals surface area contributed by atoms with Crippen LogP contribution in [0.2, 0.25) is 0 Å². The highest BCUT2D eigenvalue weighted by Crippen LogP contribution is 2.35. The van der Waals surface area contributed by atoms with Crippen molar-refractivity contribution in [2.24, 2.45) is 4.99 Å². The zero-order chi connectivity index (χ0) is 33.3. The van der Waals surface area contributed by atoms with Crippen LogP contribution < -0.4 is 19.5 Å². The standard InChI is InChI=1S/C39H37N3O5S/c1-3-45-34-22-17-27(25-35(34)46-4-2)23-24-42-38(44)36(48-39(42)41-33-16-10-12-28-11-8-9-15-32(28)33)26-37(43)40-29-18-20-31(21-19-29)47-30-13-6-5-7-14-30/h5-22,25,36H,3-4,23-24,26H2,1-2H3,(H,40,43). The Bertz CT molecular complexity index is 1910. The maximum absolute atomic E-state index is 13.9. The van der Waals surface area contributed by atoms with Crippen molar-refractivity contribution in [3.63, 3.8) is 0 Å². The average Bonchev–Trinajstić information content (AvgIpc) is 3.39. The zero-order valence-corrected chi connectivity index (χ0v) is 27.7. The van der Waals surface area contributed by atoms with Crippen molar-refractivity contribution in [1.29, 1.82) is 0 Å². The van der Waals surface area contributed by atoms with Gasteiger partial charge in [-0.1, -0.05) is 72.4 Å². The molecule has 1 saturated heterocycles. The molecule has 1 aliphatic rings. The highest BCUT2D eigenvalue weighted by atomic mass is 32.2. The van der Waals surface area contributed by atoms with Crippen LogP contribution in [0.25, 0.3) is 10.8 Å². The molecule has 5 aromatic carbocycles. The summed E-state index contributed by atoms with van der Waals surface area (Å²) >= 11 is 1.33. The van der Waals surface area contributed by atoms with Gasteiger partial charge in [-0.15, -0.1) is 0 Å². The van der Waals surface area contributed by atoms with E-state index in [9.17, 15) is 9.59 Å². The third kappa shape index (κ3) is 7.98. The monoisotopic (exact) mass is 659 g/mol. The molecule has 0 saturated carbocycles. The molecule has 1 fully saturated rings. The summed E-state index contributed by atoms with van der Waals surface area (Å²) in [5.41, 5.74) is 2.40. The van der Waals surface area contributed by atoms with Crippen molar-refractivity contribution in [3.8, 4) is 23.0 Å². The second kappa shape index (κ2) is 15.5. The number of nitrogens with zero attached hydrogens (tertiary/aromatic N) is 2. The topological polar surface area (TPSA) is 89.5 Å². The molecule has 1 heterocycles. The van der Waals surface area contributed by atoms with Crippen LogP contribution in [0.4, 0.5) is 11.4 Å². The number of para-hydroxylation sites is 1. The third-order valence-electron chi connectivity index (χ3n) is 7.72.